The molecule has 0 aliphatic rings. The van der Waals surface area contributed by atoms with Crippen LogP contribution < -0.4 is 10.6 Å². The second-order valence-electron chi connectivity index (χ2n) is 3.47. The third kappa shape index (κ3) is 4.16. The zero-order valence-electron chi connectivity index (χ0n) is 9.25. The van der Waals surface area contributed by atoms with Crippen molar-refractivity contribution in [1.82, 2.24) is 10.6 Å². The van der Waals surface area contributed by atoms with Crippen LogP contribution in [0.5, 0.6) is 0 Å². The molecule has 1 atom stereocenters. The lowest BCUT2D eigenvalue weighted by Crippen LogP contribution is -2.41. The molecule has 1 rings (SSSR count). The largest absolute Gasteiger partial charge is 0.468 e. The Kier molecular flexibility index (Phi) is 4.90. The summed E-state index contributed by atoms with van der Waals surface area (Å²) in [7, 11) is 0. The van der Waals surface area contributed by atoms with Crippen LogP contribution in [0.1, 0.15) is 26.0 Å². The van der Waals surface area contributed by atoms with Gasteiger partial charge in [0.05, 0.1) is 18.8 Å². The molecule has 1 heterocycles. The predicted molar refractivity (Wildman–Crippen MR) is 58.3 cm³/mol. The monoisotopic (exact) mass is 210 g/mol. The standard InChI is InChI=1S/C11H18N2O2/c1-3-6-12-11(14)9(2)13-8-10-5-4-7-15-10/h4-5,7,9,13H,3,6,8H2,1-2H3,(H,12,14). The average molecular weight is 210 g/mol. The minimum absolute atomic E-state index is 0.0309. The van der Waals surface area contributed by atoms with Crippen molar-refractivity contribution < 1.29 is 9.21 Å². The first kappa shape index (κ1) is 11.8. The number of carbonyl (C=O) groups excluding carboxylic acids is 1. The number of amides is 1. The van der Waals surface area contributed by atoms with Gasteiger partial charge in [0.15, 0.2) is 0 Å². The first-order chi connectivity index (χ1) is 7.24. The van der Waals surface area contributed by atoms with E-state index in [1.165, 1.54) is 0 Å². The highest BCUT2D eigenvalue weighted by atomic mass is 16.3. The SMILES string of the molecule is CCCNC(=O)C(C)NCc1ccco1. The van der Waals surface area contributed by atoms with Crippen molar-refractivity contribution in [2.24, 2.45) is 0 Å². The van der Waals surface area contributed by atoms with Crippen LogP contribution in [-0.2, 0) is 11.3 Å². The molecule has 4 nitrogen and oxygen atoms in total. The minimum atomic E-state index is -0.193. The molecule has 0 saturated carbocycles. The van der Waals surface area contributed by atoms with Gasteiger partial charge in [0.2, 0.25) is 5.91 Å². The topological polar surface area (TPSA) is 54.3 Å². The van der Waals surface area contributed by atoms with Gasteiger partial charge in [0.1, 0.15) is 5.76 Å². The maximum atomic E-state index is 11.5. The molecule has 15 heavy (non-hydrogen) atoms. The Hall–Kier alpha value is -1.29. The molecule has 0 aromatic carbocycles. The summed E-state index contributed by atoms with van der Waals surface area (Å²) in [6.07, 6.45) is 2.58. The summed E-state index contributed by atoms with van der Waals surface area (Å²) >= 11 is 0. The van der Waals surface area contributed by atoms with Crippen LogP contribution in [0, 0.1) is 0 Å². The molecule has 0 fully saturated rings. The number of hydrogen-bond donors (Lipinski definition) is 2. The number of carbonyl (C=O) groups is 1. The molecule has 4 heteroatoms. The van der Waals surface area contributed by atoms with E-state index in [2.05, 4.69) is 10.6 Å². The van der Waals surface area contributed by atoms with Crippen molar-refractivity contribution in [3.05, 3.63) is 24.2 Å². The zero-order chi connectivity index (χ0) is 11.1. The molecule has 0 radical (unpaired) electrons. The molecule has 1 unspecified atom stereocenters. The molecule has 0 saturated heterocycles. The van der Waals surface area contributed by atoms with E-state index in [0.717, 1.165) is 18.7 Å². The third-order valence-electron chi connectivity index (χ3n) is 2.11. The maximum absolute atomic E-state index is 11.5. The Morgan fingerprint density at radius 2 is 2.40 bits per heavy atom. The van der Waals surface area contributed by atoms with E-state index in [-0.39, 0.29) is 11.9 Å². The average Bonchev–Trinajstić information content (AvgIpc) is 2.75. The van der Waals surface area contributed by atoms with Crippen molar-refractivity contribution >= 4 is 5.91 Å². The summed E-state index contributed by atoms with van der Waals surface area (Å²) in [4.78, 5) is 11.5. The molecular weight excluding hydrogens is 192 g/mol. The summed E-state index contributed by atoms with van der Waals surface area (Å²) in [5.74, 6) is 0.869. The molecule has 0 aliphatic heterocycles. The Morgan fingerprint density at radius 1 is 1.60 bits per heavy atom. The van der Waals surface area contributed by atoms with E-state index in [4.69, 9.17) is 4.42 Å². The van der Waals surface area contributed by atoms with Crippen molar-refractivity contribution in [1.29, 1.82) is 0 Å². The van der Waals surface area contributed by atoms with E-state index < -0.39 is 0 Å². The van der Waals surface area contributed by atoms with Crippen molar-refractivity contribution in [3.63, 3.8) is 0 Å². The quantitative estimate of drug-likeness (QED) is 0.743. The maximum Gasteiger partial charge on any atom is 0.236 e. The number of hydrogen-bond acceptors (Lipinski definition) is 3. The van der Waals surface area contributed by atoms with E-state index in [0.29, 0.717) is 6.54 Å². The molecule has 0 aliphatic carbocycles. The van der Waals surface area contributed by atoms with Crippen molar-refractivity contribution in [2.75, 3.05) is 6.54 Å². The van der Waals surface area contributed by atoms with Gasteiger partial charge in [-0.1, -0.05) is 6.92 Å². The van der Waals surface area contributed by atoms with Gasteiger partial charge in [-0.15, -0.1) is 0 Å². The van der Waals surface area contributed by atoms with E-state index in [1.54, 1.807) is 6.26 Å². The Labute approximate surface area is 90.0 Å². The second-order valence-corrected chi connectivity index (χ2v) is 3.47. The first-order valence-corrected chi connectivity index (χ1v) is 5.27. The van der Waals surface area contributed by atoms with Gasteiger partial charge in [0, 0.05) is 6.54 Å². The van der Waals surface area contributed by atoms with Crippen LogP contribution in [0.15, 0.2) is 22.8 Å². The predicted octanol–water partition coefficient (Wildman–Crippen LogP) is 1.28. The number of furan rings is 1. The van der Waals surface area contributed by atoms with Gasteiger partial charge in [-0.25, -0.2) is 0 Å². The summed E-state index contributed by atoms with van der Waals surface area (Å²) < 4.78 is 5.15. The van der Waals surface area contributed by atoms with Gasteiger partial charge in [-0.05, 0) is 25.5 Å². The van der Waals surface area contributed by atoms with Crippen LogP contribution in [-0.4, -0.2) is 18.5 Å². The highest BCUT2D eigenvalue weighted by Crippen LogP contribution is 1.99. The Morgan fingerprint density at radius 3 is 3.00 bits per heavy atom. The molecular formula is C11H18N2O2. The normalized spacial score (nSPS) is 12.4. The van der Waals surface area contributed by atoms with Crippen LogP contribution in [0.3, 0.4) is 0 Å². The van der Waals surface area contributed by atoms with Gasteiger partial charge in [-0.3, -0.25) is 10.1 Å². The van der Waals surface area contributed by atoms with Gasteiger partial charge >= 0.3 is 0 Å². The van der Waals surface area contributed by atoms with Gasteiger partial charge < -0.3 is 9.73 Å². The third-order valence-corrected chi connectivity index (χ3v) is 2.11. The summed E-state index contributed by atoms with van der Waals surface area (Å²) in [5.41, 5.74) is 0. The highest BCUT2D eigenvalue weighted by molar-refractivity contribution is 5.81. The van der Waals surface area contributed by atoms with E-state index in [1.807, 2.05) is 26.0 Å². The van der Waals surface area contributed by atoms with Crippen molar-refractivity contribution in [3.8, 4) is 0 Å². The fourth-order valence-electron chi connectivity index (χ4n) is 1.16. The molecule has 84 valence electrons. The van der Waals surface area contributed by atoms with E-state index >= 15 is 0 Å². The zero-order valence-corrected chi connectivity index (χ0v) is 9.25. The summed E-state index contributed by atoms with van der Waals surface area (Å²) in [5, 5.41) is 5.92. The molecule has 1 amide bonds. The van der Waals surface area contributed by atoms with Crippen LogP contribution in [0.2, 0.25) is 0 Å². The molecule has 1 aromatic heterocycles. The number of nitrogens with one attached hydrogen (secondary N) is 2. The van der Waals surface area contributed by atoms with Gasteiger partial charge in [0.25, 0.3) is 0 Å². The first-order valence-electron chi connectivity index (χ1n) is 5.27. The van der Waals surface area contributed by atoms with E-state index in [9.17, 15) is 4.79 Å². The summed E-state index contributed by atoms with van der Waals surface area (Å²) in [6.45, 7) is 5.18. The molecule has 2 N–H and O–H groups in total. The van der Waals surface area contributed by atoms with Crippen LogP contribution >= 0.6 is 0 Å². The van der Waals surface area contributed by atoms with Gasteiger partial charge in [-0.2, -0.15) is 0 Å². The molecule has 0 bridgehead atoms. The highest BCUT2D eigenvalue weighted by Gasteiger charge is 2.11. The fraction of sp³-hybridized carbons (Fsp3) is 0.545. The van der Waals surface area contributed by atoms with Crippen LogP contribution in [0.25, 0.3) is 0 Å². The Bertz CT molecular complexity index is 283. The lowest BCUT2D eigenvalue weighted by atomic mass is 10.3. The Balaban J connectivity index is 2.23. The lowest BCUT2D eigenvalue weighted by Gasteiger charge is -2.12. The fourth-order valence-corrected chi connectivity index (χ4v) is 1.16. The molecule has 1 aromatic rings. The smallest absolute Gasteiger partial charge is 0.236 e. The summed E-state index contributed by atoms with van der Waals surface area (Å²) in [6, 6.07) is 3.52. The lowest BCUT2D eigenvalue weighted by molar-refractivity contribution is -0.122. The van der Waals surface area contributed by atoms with Crippen LogP contribution in [0.4, 0.5) is 0 Å². The minimum Gasteiger partial charge on any atom is -0.468 e. The van der Waals surface area contributed by atoms with Crippen molar-refractivity contribution in [2.45, 2.75) is 32.9 Å². The number of rotatable bonds is 6. The second kappa shape index (κ2) is 6.24. The molecule has 0 spiro atoms.